The zero-order valence-electron chi connectivity index (χ0n) is 14.4. The molecule has 1 aliphatic heterocycles. The first-order valence-corrected chi connectivity index (χ1v) is 8.63. The van der Waals surface area contributed by atoms with Crippen LogP contribution in [0, 0.1) is 0 Å². The van der Waals surface area contributed by atoms with Gasteiger partial charge in [0.2, 0.25) is 0 Å². The van der Waals surface area contributed by atoms with Gasteiger partial charge in [0.05, 0.1) is 12.2 Å². The Balaban J connectivity index is 1.77. The zero-order valence-corrected chi connectivity index (χ0v) is 14.4. The van der Waals surface area contributed by atoms with E-state index in [1.54, 1.807) is 6.07 Å². The van der Waals surface area contributed by atoms with Crippen molar-refractivity contribution >= 4 is 17.5 Å². The fraction of sp³-hybridized carbons (Fsp3) is 0.263. The van der Waals surface area contributed by atoms with E-state index in [0.717, 1.165) is 12.8 Å². The van der Waals surface area contributed by atoms with Gasteiger partial charge in [0.15, 0.2) is 5.65 Å². The van der Waals surface area contributed by atoms with Crippen molar-refractivity contribution in [3.8, 4) is 0 Å². The number of benzene rings is 1. The highest BCUT2D eigenvalue weighted by Crippen LogP contribution is 2.33. The first-order valence-electron chi connectivity index (χ1n) is 8.63. The molecule has 1 atom stereocenters. The predicted octanol–water partition coefficient (Wildman–Crippen LogP) is 1.98. The summed E-state index contributed by atoms with van der Waals surface area (Å²) < 4.78 is 1.40. The number of amides is 2. The second-order valence-corrected chi connectivity index (χ2v) is 6.36. The Labute approximate surface area is 150 Å². The van der Waals surface area contributed by atoms with E-state index < -0.39 is 5.91 Å². The quantitative estimate of drug-likeness (QED) is 0.782. The van der Waals surface area contributed by atoms with E-state index in [1.807, 2.05) is 17.0 Å². The van der Waals surface area contributed by atoms with E-state index in [2.05, 4.69) is 29.1 Å². The van der Waals surface area contributed by atoms with Crippen LogP contribution in [0.1, 0.15) is 51.4 Å². The molecular formula is C19H19N5O2. The van der Waals surface area contributed by atoms with Gasteiger partial charge in [-0.15, -0.1) is 0 Å². The number of hydrogen-bond acceptors (Lipinski definition) is 4. The normalized spacial score (nSPS) is 16.5. The van der Waals surface area contributed by atoms with E-state index in [9.17, 15) is 9.59 Å². The molecule has 2 amide bonds. The van der Waals surface area contributed by atoms with Gasteiger partial charge in [-0.05, 0) is 30.0 Å². The van der Waals surface area contributed by atoms with Gasteiger partial charge >= 0.3 is 0 Å². The Kier molecular flexibility index (Phi) is 3.91. The fourth-order valence-electron chi connectivity index (χ4n) is 3.71. The lowest BCUT2D eigenvalue weighted by Gasteiger charge is -2.37. The van der Waals surface area contributed by atoms with Crippen LogP contribution in [-0.4, -0.2) is 37.9 Å². The summed E-state index contributed by atoms with van der Waals surface area (Å²) in [5.41, 5.74) is 8.72. The van der Waals surface area contributed by atoms with Gasteiger partial charge in [0.1, 0.15) is 11.3 Å². The standard InChI is InChI=1S/C19H19N5O2/c1-2-15-13-6-4-3-5-12(13)8-10-23(15)19(26)16-7-9-21-18-14(17(20)25)11-22-24(16)18/h3-7,9,11,15H,2,8,10H2,1H3,(H2,20,25)/t15-/m0/s1. The maximum atomic E-state index is 13.3. The van der Waals surface area contributed by atoms with Crippen molar-refractivity contribution in [2.75, 3.05) is 6.54 Å². The first kappa shape index (κ1) is 16.3. The molecule has 0 saturated heterocycles. The average molecular weight is 349 g/mol. The molecule has 3 aromatic rings. The molecule has 2 aromatic heterocycles. The summed E-state index contributed by atoms with van der Waals surface area (Å²) in [7, 11) is 0. The Morgan fingerprint density at radius 1 is 1.27 bits per heavy atom. The molecule has 1 aliphatic rings. The Morgan fingerprint density at radius 2 is 2.08 bits per heavy atom. The number of aromatic nitrogens is 3. The van der Waals surface area contributed by atoms with Crippen LogP contribution in [0.25, 0.3) is 5.65 Å². The minimum Gasteiger partial charge on any atom is -0.365 e. The van der Waals surface area contributed by atoms with Crippen molar-refractivity contribution in [2.45, 2.75) is 25.8 Å². The number of primary amides is 1. The van der Waals surface area contributed by atoms with Gasteiger partial charge in [0, 0.05) is 12.7 Å². The average Bonchev–Trinajstić information content (AvgIpc) is 3.11. The van der Waals surface area contributed by atoms with E-state index in [-0.39, 0.29) is 17.5 Å². The van der Waals surface area contributed by atoms with Crippen molar-refractivity contribution < 1.29 is 9.59 Å². The predicted molar refractivity (Wildman–Crippen MR) is 95.7 cm³/mol. The fourth-order valence-corrected chi connectivity index (χ4v) is 3.71. The van der Waals surface area contributed by atoms with E-state index >= 15 is 0 Å². The summed E-state index contributed by atoms with van der Waals surface area (Å²) in [4.78, 5) is 30.9. The van der Waals surface area contributed by atoms with Crippen LogP contribution in [0.15, 0.2) is 42.7 Å². The summed E-state index contributed by atoms with van der Waals surface area (Å²) in [5.74, 6) is -0.742. The second kappa shape index (κ2) is 6.25. The molecule has 0 radical (unpaired) electrons. The molecule has 0 unspecified atom stereocenters. The monoisotopic (exact) mass is 349 g/mol. The number of carbonyl (C=O) groups excluding carboxylic acids is 2. The summed E-state index contributed by atoms with van der Waals surface area (Å²) in [6, 6.07) is 9.89. The maximum absolute atomic E-state index is 13.3. The SMILES string of the molecule is CC[C@H]1c2ccccc2CCN1C(=O)c1ccnc2c(C(N)=O)cnn12. The Morgan fingerprint density at radius 3 is 2.85 bits per heavy atom. The second-order valence-electron chi connectivity index (χ2n) is 6.36. The van der Waals surface area contributed by atoms with Crippen molar-refractivity contribution in [3.63, 3.8) is 0 Å². The molecular weight excluding hydrogens is 330 g/mol. The molecule has 132 valence electrons. The zero-order chi connectivity index (χ0) is 18.3. The Hall–Kier alpha value is -3.22. The summed E-state index contributed by atoms with van der Waals surface area (Å²) in [5, 5.41) is 4.16. The van der Waals surface area contributed by atoms with Crippen molar-refractivity contribution in [1.82, 2.24) is 19.5 Å². The van der Waals surface area contributed by atoms with E-state index in [0.29, 0.717) is 17.9 Å². The molecule has 0 aliphatic carbocycles. The summed E-state index contributed by atoms with van der Waals surface area (Å²) in [6.45, 7) is 2.72. The van der Waals surface area contributed by atoms with Crippen molar-refractivity contribution in [1.29, 1.82) is 0 Å². The molecule has 26 heavy (non-hydrogen) atoms. The van der Waals surface area contributed by atoms with E-state index in [1.165, 1.54) is 28.0 Å². The van der Waals surface area contributed by atoms with Crippen LogP contribution in [0.3, 0.4) is 0 Å². The third kappa shape index (κ3) is 2.44. The van der Waals surface area contributed by atoms with Crippen LogP contribution >= 0.6 is 0 Å². The van der Waals surface area contributed by atoms with Gasteiger partial charge < -0.3 is 10.6 Å². The van der Waals surface area contributed by atoms with Crippen LogP contribution in [-0.2, 0) is 6.42 Å². The highest BCUT2D eigenvalue weighted by atomic mass is 16.2. The van der Waals surface area contributed by atoms with Crippen LogP contribution in [0.5, 0.6) is 0 Å². The largest absolute Gasteiger partial charge is 0.365 e. The third-order valence-electron chi connectivity index (χ3n) is 4.95. The number of rotatable bonds is 3. The van der Waals surface area contributed by atoms with Gasteiger partial charge in [-0.3, -0.25) is 9.59 Å². The smallest absolute Gasteiger partial charge is 0.273 e. The lowest BCUT2D eigenvalue weighted by molar-refractivity contribution is 0.0646. The minimum atomic E-state index is -0.615. The third-order valence-corrected chi connectivity index (χ3v) is 4.95. The molecule has 0 saturated carbocycles. The number of hydrogen-bond donors (Lipinski definition) is 1. The number of nitrogens with zero attached hydrogens (tertiary/aromatic N) is 4. The molecule has 4 rings (SSSR count). The van der Waals surface area contributed by atoms with Crippen molar-refractivity contribution in [3.05, 3.63) is 65.1 Å². The van der Waals surface area contributed by atoms with E-state index in [4.69, 9.17) is 5.73 Å². The maximum Gasteiger partial charge on any atom is 0.273 e. The lowest BCUT2D eigenvalue weighted by Crippen LogP contribution is -2.40. The highest BCUT2D eigenvalue weighted by molar-refractivity contribution is 6.00. The molecule has 1 aromatic carbocycles. The van der Waals surface area contributed by atoms with Gasteiger partial charge in [-0.25, -0.2) is 9.50 Å². The van der Waals surface area contributed by atoms with Gasteiger partial charge in [-0.1, -0.05) is 31.2 Å². The Bertz CT molecular complexity index is 1010. The molecule has 0 fully saturated rings. The van der Waals surface area contributed by atoms with Crippen LogP contribution in [0.2, 0.25) is 0 Å². The summed E-state index contributed by atoms with van der Waals surface area (Å²) in [6.07, 6.45) is 4.50. The molecule has 7 nitrogen and oxygen atoms in total. The number of carbonyl (C=O) groups is 2. The highest BCUT2D eigenvalue weighted by Gasteiger charge is 2.31. The van der Waals surface area contributed by atoms with Crippen LogP contribution in [0.4, 0.5) is 0 Å². The van der Waals surface area contributed by atoms with Crippen molar-refractivity contribution in [2.24, 2.45) is 5.73 Å². The minimum absolute atomic E-state index is 0.0156. The topological polar surface area (TPSA) is 93.6 Å². The van der Waals surface area contributed by atoms with Gasteiger partial charge in [0.25, 0.3) is 11.8 Å². The first-order chi connectivity index (χ1) is 12.6. The molecule has 2 N–H and O–H groups in total. The van der Waals surface area contributed by atoms with Crippen LogP contribution < -0.4 is 5.73 Å². The lowest BCUT2D eigenvalue weighted by atomic mass is 9.91. The molecule has 0 spiro atoms. The molecule has 0 bridgehead atoms. The molecule has 3 heterocycles. The molecule has 7 heteroatoms. The summed E-state index contributed by atoms with van der Waals surface area (Å²) >= 11 is 0. The number of nitrogens with two attached hydrogens (primary N) is 1. The number of fused-ring (bicyclic) bond motifs is 2. The van der Waals surface area contributed by atoms with Gasteiger partial charge in [-0.2, -0.15) is 5.10 Å².